The lowest BCUT2D eigenvalue weighted by Gasteiger charge is -2.39. The fourth-order valence-electron chi connectivity index (χ4n) is 3.45. The van der Waals surface area contributed by atoms with E-state index in [1.165, 1.54) is 6.42 Å². The molecule has 3 atom stereocenters. The number of aliphatic imine (C=N–C) groups is 1. The summed E-state index contributed by atoms with van der Waals surface area (Å²) in [5.74, 6) is 1.52. The highest BCUT2D eigenvalue weighted by molar-refractivity contribution is 14.0. The number of halogens is 1. The highest BCUT2D eigenvalue weighted by atomic mass is 127. The number of hydrogen-bond acceptors (Lipinski definition) is 3. The van der Waals surface area contributed by atoms with Crippen molar-refractivity contribution in [2.45, 2.75) is 45.1 Å². The Morgan fingerprint density at radius 3 is 2.77 bits per heavy atom. The molecule has 2 rings (SSSR count). The molecule has 0 bridgehead atoms. The average Bonchev–Trinajstić information content (AvgIpc) is 2.96. The Bertz CT molecular complexity index is 361. The van der Waals surface area contributed by atoms with Gasteiger partial charge in [0.2, 0.25) is 0 Å². The second-order valence-corrected chi connectivity index (χ2v) is 6.93. The lowest BCUT2D eigenvalue weighted by Crippen LogP contribution is -2.49. The number of aliphatic hydroxyl groups is 1. The fourth-order valence-corrected chi connectivity index (χ4v) is 3.45. The largest absolute Gasteiger partial charge is 0.392 e. The van der Waals surface area contributed by atoms with E-state index in [4.69, 9.17) is 4.74 Å². The molecule has 22 heavy (non-hydrogen) atoms. The predicted octanol–water partition coefficient (Wildman–Crippen LogP) is 2.09. The van der Waals surface area contributed by atoms with E-state index in [0.717, 1.165) is 57.9 Å². The molecular formula is C16H32IN3O2. The van der Waals surface area contributed by atoms with E-state index in [0.29, 0.717) is 5.92 Å². The van der Waals surface area contributed by atoms with E-state index in [1.807, 2.05) is 7.05 Å². The lowest BCUT2D eigenvalue weighted by atomic mass is 9.73. The Labute approximate surface area is 151 Å². The van der Waals surface area contributed by atoms with Crippen LogP contribution in [-0.4, -0.2) is 62.5 Å². The van der Waals surface area contributed by atoms with Crippen molar-refractivity contribution in [3.63, 3.8) is 0 Å². The molecule has 130 valence electrons. The van der Waals surface area contributed by atoms with Gasteiger partial charge in [-0.3, -0.25) is 4.99 Å². The molecule has 0 aromatic carbocycles. The quantitative estimate of drug-likeness (QED) is 0.412. The average molecular weight is 425 g/mol. The summed E-state index contributed by atoms with van der Waals surface area (Å²) in [5, 5.41) is 13.7. The Balaban J connectivity index is 0.00000242. The normalized spacial score (nSPS) is 32.5. The van der Waals surface area contributed by atoms with Crippen LogP contribution in [0.5, 0.6) is 0 Å². The molecule has 0 aromatic heterocycles. The van der Waals surface area contributed by atoms with Crippen LogP contribution in [0.4, 0.5) is 0 Å². The molecule has 1 aliphatic carbocycles. The zero-order chi connectivity index (χ0) is 15.3. The molecule has 0 amide bonds. The third-order valence-corrected chi connectivity index (χ3v) is 5.06. The van der Waals surface area contributed by atoms with Crippen LogP contribution in [0.15, 0.2) is 4.99 Å². The third kappa shape index (κ3) is 5.23. The molecule has 2 fully saturated rings. The maximum Gasteiger partial charge on any atom is 0.193 e. The van der Waals surface area contributed by atoms with E-state index in [9.17, 15) is 5.11 Å². The SMILES string of the molecule is CN=C(NCC1(C)CCCCC1O)N(C)CC1CCOC1.I. The summed E-state index contributed by atoms with van der Waals surface area (Å²) in [4.78, 5) is 6.56. The standard InChI is InChI=1S/C16H31N3O2.HI/c1-16(8-5-4-6-14(16)20)12-18-15(17-2)19(3)10-13-7-9-21-11-13;/h13-14,20H,4-12H2,1-3H3,(H,17,18);1H. The van der Waals surface area contributed by atoms with Crippen LogP contribution in [0.25, 0.3) is 0 Å². The van der Waals surface area contributed by atoms with Crippen LogP contribution >= 0.6 is 24.0 Å². The molecule has 2 aliphatic rings. The minimum Gasteiger partial charge on any atom is -0.392 e. The van der Waals surface area contributed by atoms with Crippen molar-refractivity contribution in [3.8, 4) is 0 Å². The molecule has 5 nitrogen and oxygen atoms in total. The van der Waals surface area contributed by atoms with Gasteiger partial charge in [0.1, 0.15) is 0 Å². The van der Waals surface area contributed by atoms with Crippen LogP contribution < -0.4 is 5.32 Å². The van der Waals surface area contributed by atoms with Crippen LogP contribution in [0.3, 0.4) is 0 Å². The summed E-state index contributed by atoms with van der Waals surface area (Å²) in [7, 11) is 3.90. The number of aliphatic hydroxyl groups excluding tert-OH is 1. The Hall–Kier alpha value is -0.0800. The van der Waals surface area contributed by atoms with E-state index < -0.39 is 0 Å². The van der Waals surface area contributed by atoms with Gasteiger partial charge in [-0.1, -0.05) is 19.8 Å². The molecule has 2 N–H and O–H groups in total. The van der Waals surface area contributed by atoms with Gasteiger partial charge in [0.15, 0.2) is 5.96 Å². The van der Waals surface area contributed by atoms with Crippen molar-refractivity contribution in [2.75, 3.05) is 40.4 Å². The first-order valence-electron chi connectivity index (χ1n) is 8.23. The molecule has 0 spiro atoms. The van der Waals surface area contributed by atoms with Gasteiger partial charge in [-0.15, -0.1) is 24.0 Å². The zero-order valence-electron chi connectivity index (χ0n) is 14.2. The highest BCUT2D eigenvalue weighted by Crippen LogP contribution is 2.35. The van der Waals surface area contributed by atoms with E-state index in [-0.39, 0.29) is 35.5 Å². The van der Waals surface area contributed by atoms with Gasteiger partial charge in [0.05, 0.1) is 12.7 Å². The summed E-state index contributed by atoms with van der Waals surface area (Å²) in [6.45, 7) is 5.68. The minimum absolute atomic E-state index is 0. The monoisotopic (exact) mass is 425 g/mol. The molecule has 0 aromatic rings. The number of hydrogen-bond donors (Lipinski definition) is 2. The summed E-state index contributed by atoms with van der Waals surface area (Å²) in [6.07, 6.45) is 5.29. The molecule has 6 heteroatoms. The Morgan fingerprint density at radius 2 is 2.18 bits per heavy atom. The molecule has 3 unspecified atom stereocenters. The second-order valence-electron chi connectivity index (χ2n) is 6.93. The van der Waals surface area contributed by atoms with Gasteiger partial charge in [-0.25, -0.2) is 0 Å². The minimum atomic E-state index is -0.203. The van der Waals surface area contributed by atoms with Crippen molar-refractivity contribution in [1.82, 2.24) is 10.2 Å². The topological polar surface area (TPSA) is 57.1 Å². The van der Waals surface area contributed by atoms with E-state index >= 15 is 0 Å². The summed E-state index contributed by atoms with van der Waals surface area (Å²) >= 11 is 0. The third-order valence-electron chi connectivity index (χ3n) is 5.06. The van der Waals surface area contributed by atoms with Gasteiger partial charge >= 0.3 is 0 Å². The summed E-state index contributed by atoms with van der Waals surface area (Å²) < 4.78 is 5.44. The number of nitrogens with zero attached hydrogens (tertiary/aromatic N) is 2. The molecule has 0 radical (unpaired) electrons. The van der Waals surface area contributed by atoms with Crippen molar-refractivity contribution >= 4 is 29.9 Å². The van der Waals surface area contributed by atoms with Gasteiger partial charge in [-0.2, -0.15) is 0 Å². The van der Waals surface area contributed by atoms with Crippen LogP contribution in [0.2, 0.25) is 0 Å². The van der Waals surface area contributed by atoms with Crippen LogP contribution in [0.1, 0.15) is 39.0 Å². The van der Waals surface area contributed by atoms with Gasteiger partial charge in [0.25, 0.3) is 0 Å². The number of rotatable bonds is 4. The predicted molar refractivity (Wildman–Crippen MR) is 101 cm³/mol. The zero-order valence-corrected chi connectivity index (χ0v) is 16.5. The molecule has 1 saturated heterocycles. The maximum absolute atomic E-state index is 10.3. The van der Waals surface area contributed by atoms with Crippen LogP contribution in [0, 0.1) is 11.3 Å². The smallest absolute Gasteiger partial charge is 0.193 e. The second kappa shape index (κ2) is 9.27. The molecule has 1 saturated carbocycles. The number of nitrogens with one attached hydrogen (secondary N) is 1. The highest BCUT2D eigenvalue weighted by Gasteiger charge is 2.35. The molecular weight excluding hydrogens is 393 g/mol. The van der Waals surface area contributed by atoms with Crippen LogP contribution in [-0.2, 0) is 4.74 Å². The number of guanidine groups is 1. The Kier molecular flexibility index (Phi) is 8.42. The molecule has 1 heterocycles. The Morgan fingerprint density at radius 1 is 1.41 bits per heavy atom. The van der Waals surface area contributed by atoms with Gasteiger partial charge in [0, 0.05) is 45.1 Å². The fraction of sp³-hybridized carbons (Fsp3) is 0.938. The summed E-state index contributed by atoms with van der Waals surface area (Å²) in [5.41, 5.74) is -0.0362. The van der Waals surface area contributed by atoms with Gasteiger partial charge < -0.3 is 20.1 Å². The maximum atomic E-state index is 10.3. The molecule has 1 aliphatic heterocycles. The van der Waals surface area contributed by atoms with Crippen molar-refractivity contribution in [1.29, 1.82) is 0 Å². The van der Waals surface area contributed by atoms with Crippen molar-refractivity contribution < 1.29 is 9.84 Å². The first kappa shape index (κ1) is 20.0. The van der Waals surface area contributed by atoms with Gasteiger partial charge in [-0.05, 0) is 19.3 Å². The summed E-state index contributed by atoms with van der Waals surface area (Å²) in [6, 6.07) is 0. The van der Waals surface area contributed by atoms with Crippen molar-refractivity contribution in [3.05, 3.63) is 0 Å². The van der Waals surface area contributed by atoms with E-state index in [1.54, 1.807) is 0 Å². The van der Waals surface area contributed by atoms with Crippen molar-refractivity contribution in [2.24, 2.45) is 16.3 Å². The van der Waals surface area contributed by atoms with E-state index in [2.05, 4.69) is 29.2 Å². The number of ether oxygens (including phenoxy) is 1. The lowest BCUT2D eigenvalue weighted by molar-refractivity contribution is 0.00367. The first-order valence-corrected chi connectivity index (χ1v) is 8.23. The first-order chi connectivity index (χ1) is 10.0.